The number of alkyl halides is 3. The first-order valence-corrected chi connectivity index (χ1v) is 14.3. The molecule has 216 valence electrons. The largest absolute Gasteiger partial charge is 0.475 e. The van der Waals surface area contributed by atoms with Gasteiger partial charge >= 0.3 is 12.2 Å². The lowest BCUT2D eigenvalue weighted by molar-refractivity contribution is -0.136. The van der Waals surface area contributed by atoms with Crippen molar-refractivity contribution in [2.45, 2.75) is 76.6 Å². The Balaban J connectivity index is 1.59. The first-order valence-electron chi connectivity index (χ1n) is 13.5. The second kappa shape index (κ2) is 12.8. The van der Waals surface area contributed by atoms with Crippen LogP contribution in [0.4, 0.5) is 18.0 Å². The van der Waals surface area contributed by atoms with Crippen molar-refractivity contribution >= 4 is 23.0 Å². The van der Waals surface area contributed by atoms with Crippen molar-refractivity contribution in [1.29, 1.82) is 0 Å². The van der Waals surface area contributed by atoms with Crippen LogP contribution < -0.4 is 10.1 Å². The van der Waals surface area contributed by atoms with Gasteiger partial charge in [-0.05, 0) is 46.0 Å². The first-order chi connectivity index (χ1) is 19.1. The van der Waals surface area contributed by atoms with Crippen LogP contribution in [0, 0.1) is 0 Å². The predicted molar refractivity (Wildman–Crippen MR) is 150 cm³/mol. The number of nitrogens with zero attached hydrogens (tertiary/aromatic N) is 5. The lowest BCUT2D eigenvalue weighted by atomic mass is 10.1. The summed E-state index contributed by atoms with van der Waals surface area (Å²) in [5.74, 6) is 0.747. The Morgan fingerprint density at radius 1 is 1.32 bits per heavy atom. The minimum atomic E-state index is -4.29. The molecule has 40 heavy (non-hydrogen) atoms. The summed E-state index contributed by atoms with van der Waals surface area (Å²) in [5.41, 5.74) is 2.28. The van der Waals surface area contributed by atoms with Crippen molar-refractivity contribution in [3.8, 4) is 16.5 Å². The van der Waals surface area contributed by atoms with Gasteiger partial charge in [-0.25, -0.2) is 19.7 Å². The molecule has 1 saturated carbocycles. The van der Waals surface area contributed by atoms with Gasteiger partial charge in [-0.3, -0.25) is 0 Å². The molecule has 0 saturated heterocycles. The molecule has 1 aliphatic rings. The second-order valence-corrected chi connectivity index (χ2v) is 10.9. The Morgan fingerprint density at radius 3 is 2.75 bits per heavy atom. The van der Waals surface area contributed by atoms with Gasteiger partial charge < -0.3 is 19.4 Å². The van der Waals surface area contributed by atoms with Gasteiger partial charge in [-0.1, -0.05) is 12.2 Å². The Morgan fingerprint density at radius 2 is 2.10 bits per heavy atom. The average molecular weight is 577 g/mol. The topological polar surface area (TPSA) is 84.6 Å². The molecule has 2 unspecified atom stereocenters. The summed E-state index contributed by atoms with van der Waals surface area (Å²) in [7, 11) is 0. The molecule has 1 fully saturated rings. The van der Waals surface area contributed by atoms with E-state index in [9.17, 15) is 18.0 Å². The van der Waals surface area contributed by atoms with E-state index in [0.717, 1.165) is 28.4 Å². The van der Waals surface area contributed by atoms with Crippen LogP contribution in [-0.2, 0) is 0 Å². The molecule has 4 rings (SSSR count). The number of carbonyl (C=O) groups excluding carboxylic acids is 1. The maximum atomic E-state index is 13.2. The number of halogens is 3. The number of nitrogens with one attached hydrogen (secondary N) is 1. The van der Waals surface area contributed by atoms with Crippen molar-refractivity contribution in [2.24, 2.45) is 0 Å². The third kappa shape index (κ3) is 7.21. The minimum absolute atomic E-state index is 0.208. The number of urea groups is 1. The van der Waals surface area contributed by atoms with E-state index in [1.165, 1.54) is 17.4 Å². The van der Waals surface area contributed by atoms with E-state index in [4.69, 9.17) is 14.7 Å². The lowest BCUT2D eigenvalue weighted by Crippen LogP contribution is -2.46. The number of fused-ring (bicyclic) bond motifs is 1. The summed E-state index contributed by atoms with van der Waals surface area (Å²) < 4.78 is 46.2. The quantitative estimate of drug-likeness (QED) is 0.164. The standard InChI is InChI=1S/C28H35F3N6O2S/c1-5-8-16-39-25-24-32-14-15-36(24)17-21(34-25)23-22(19-10-11-19)35-26(40-23)18(4)37(7-3)27(38)33-20(9-6-2)12-13-28(29,30)31/h5-6,14-15,17-20H,1-2,7-13,16H2,3-4H3,(H,33,38). The highest BCUT2D eigenvalue weighted by Gasteiger charge is 2.34. The van der Waals surface area contributed by atoms with Crippen LogP contribution in [0.25, 0.3) is 16.2 Å². The Hall–Kier alpha value is -3.41. The van der Waals surface area contributed by atoms with Crippen LogP contribution in [0.1, 0.15) is 75.0 Å². The van der Waals surface area contributed by atoms with Crippen LogP contribution in [0.15, 0.2) is 43.9 Å². The second-order valence-electron chi connectivity index (χ2n) is 9.84. The van der Waals surface area contributed by atoms with E-state index in [1.807, 2.05) is 30.6 Å². The minimum Gasteiger partial charge on any atom is -0.475 e. The van der Waals surface area contributed by atoms with E-state index in [-0.39, 0.29) is 12.8 Å². The molecule has 2 amide bonds. The van der Waals surface area contributed by atoms with Crippen LogP contribution in [0.5, 0.6) is 5.88 Å². The number of hydrogen-bond donors (Lipinski definition) is 1. The summed E-state index contributed by atoms with van der Waals surface area (Å²) in [6, 6.07) is -1.48. The van der Waals surface area contributed by atoms with Gasteiger partial charge in [0.05, 0.1) is 23.2 Å². The maximum Gasteiger partial charge on any atom is 0.389 e. The third-order valence-corrected chi connectivity index (χ3v) is 8.02. The van der Waals surface area contributed by atoms with E-state index in [2.05, 4.69) is 23.5 Å². The van der Waals surface area contributed by atoms with Gasteiger partial charge in [0.15, 0.2) is 0 Å². The van der Waals surface area contributed by atoms with Gasteiger partial charge in [0.2, 0.25) is 5.65 Å². The fourth-order valence-corrected chi connectivity index (χ4v) is 5.64. The van der Waals surface area contributed by atoms with Crippen LogP contribution in [0.3, 0.4) is 0 Å². The van der Waals surface area contributed by atoms with Crippen LogP contribution in [0.2, 0.25) is 0 Å². The number of amides is 2. The zero-order chi connectivity index (χ0) is 28.9. The highest BCUT2D eigenvalue weighted by molar-refractivity contribution is 7.15. The van der Waals surface area contributed by atoms with Crippen molar-refractivity contribution < 1.29 is 22.7 Å². The first kappa shape index (κ1) is 29.6. The molecule has 0 bridgehead atoms. The number of rotatable bonds is 14. The third-order valence-electron chi connectivity index (χ3n) is 6.75. The number of hydrogen-bond acceptors (Lipinski definition) is 6. The molecule has 3 aromatic heterocycles. The van der Waals surface area contributed by atoms with Gasteiger partial charge in [0.25, 0.3) is 5.88 Å². The van der Waals surface area contributed by atoms with Crippen molar-refractivity contribution in [3.05, 3.63) is 54.6 Å². The zero-order valence-electron chi connectivity index (χ0n) is 22.8. The highest BCUT2D eigenvalue weighted by atomic mass is 32.1. The number of ether oxygens (including phenoxy) is 1. The molecule has 3 heterocycles. The summed E-state index contributed by atoms with van der Waals surface area (Å²) >= 11 is 1.48. The molecule has 1 aliphatic carbocycles. The van der Waals surface area contributed by atoms with Crippen molar-refractivity contribution in [1.82, 2.24) is 29.6 Å². The molecule has 3 aromatic rings. The fraction of sp³-hybridized carbons (Fsp3) is 0.500. The van der Waals surface area contributed by atoms with Gasteiger partial charge in [-0.15, -0.1) is 24.5 Å². The van der Waals surface area contributed by atoms with Gasteiger partial charge in [0, 0.05) is 43.5 Å². The van der Waals surface area contributed by atoms with Crippen molar-refractivity contribution in [2.75, 3.05) is 13.2 Å². The molecule has 1 N–H and O–H groups in total. The average Bonchev–Trinajstić information content (AvgIpc) is 3.46. The monoisotopic (exact) mass is 576 g/mol. The Bertz CT molecular complexity index is 1330. The van der Waals surface area contributed by atoms with Gasteiger partial charge in [-0.2, -0.15) is 13.2 Å². The summed E-state index contributed by atoms with van der Waals surface area (Å²) in [4.78, 5) is 29.9. The molecule has 0 spiro atoms. The molecule has 12 heteroatoms. The summed E-state index contributed by atoms with van der Waals surface area (Å²) in [6.45, 7) is 11.9. The van der Waals surface area contributed by atoms with E-state index in [0.29, 0.717) is 42.7 Å². The van der Waals surface area contributed by atoms with Gasteiger partial charge in [0.1, 0.15) is 10.7 Å². The maximum absolute atomic E-state index is 13.2. The molecule has 2 atom stereocenters. The predicted octanol–water partition coefficient (Wildman–Crippen LogP) is 7.06. The van der Waals surface area contributed by atoms with E-state index < -0.39 is 30.7 Å². The Kier molecular flexibility index (Phi) is 9.49. The molecular weight excluding hydrogens is 541 g/mol. The SMILES string of the molecule is C=CCCOc1nc(-c2sc(C(C)N(CC)C(=O)NC(CC=C)CCC(F)(F)F)nc2C2CC2)cn2ccnc12. The highest BCUT2D eigenvalue weighted by Crippen LogP contribution is 2.47. The molecule has 0 aromatic carbocycles. The number of thiazole rings is 1. The number of imidazole rings is 1. The van der Waals surface area contributed by atoms with Crippen LogP contribution in [-0.4, -0.2) is 55.7 Å². The number of carbonyl (C=O) groups is 1. The fourth-order valence-electron chi connectivity index (χ4n) is 4.47. The van der Waals surface area contributed by atoms with E-state index in [1.54, 1.807) is 17.2 Å². The van der Waals surface area contributed by atoms with E-state index >= 15 is 0 Å². The molecule has 8 nitrogen and oxygen atoms in total. The normalized spacial score (nSPS) is 15.0. The summed E-state index contributed by atoms with van der Waals surface area (Å²) in [5, 5.41) is 3.52. The molecule has 0 radical (unpaired) electrons. The molecule has 0 aliphatic heterocycles. The lowest BCUT2D eigenvalue weighted by Gasteiger charge is -2.29. The summed E-state index contributed by atoms with van der Waals surface area (Å²) in [6.07, 6.45) is 6.25. The number of aromatic nitrogens is 4. The van der Waals surface area contributed by atoms with Crippen molar-refractivity contribution in [3.63, 3.8) is 0 Å². The smallest absolute Gasteiger partial charge is 0.389 e. The van der Waals surface area contributed by atoms with Crippen LogP contribution >= 0.6 is 11.3 Å². The molecular formula is C28H35F3N6O2S. The zero-order valence-corrected chi connectivity index (χ0v) is 23.6. The Labute approximate surface area is 236 Å².